The van der Waals surface area contributed by atoms with Gasteiger partial charge in [-0.25, -0.2) is 0 Å². The van der Waals surface area contributed by atoms with Crippen molar-refractivity contribution in [1.29, 1.82) is 0 Å². The van der Waals surface area contributed by atoms with Crippen LogP contribution in [-0.2, 0) is 0 Å². The van der Waals surface area contributed by atoms with E-state index < -0.39 is 0 Å². The minimum atomic E-state index is 0.344. The Balaban J connectivity index is 2.14. The van der Waals surface area contributed by atoms with E-state index in [0.29, 0.717) is 16.1 Å². The van der Waals surface area contributed by atoms with Crippen molar-refractivity contribution in [3.63, 3.8) is 0 Å². The summed E-state index contributed by atoms with van der Waals surface area (Å²) in [4.78, 5) is 2.79. The van der Waals surface area contributed by atoms with E-state index in [9.17, 15) is 0 Å². The van der Waals surface area contributed by atoms with Gasteiger partial charge in [0.25, 0.3) is 0 Å². The molecule has 0 amide bonds. The van der Waals surface area contributed by atoms with Crippen LogP contribution >= 0.6 is 23.8 Å². The number of likely N-dealkylation sites (tertiary alicyclic amines) is 1. The lowest BCUT2D eigenvalue weighted by molar-refractivity contribution is 0.227. The number of benzene rings is 1. The topological polar surface area (TPSA) is 41.3 Å². The lowest BCUT2D eigenvalue weighted by Gasteiger charge is -2.33. The van der Waals surface area contributed by atoms with Crippen LogP contribution in [0.4, 0.5) is 5.69 Å². The maximum absolute atomic E-state index is 6.18. The Morgan fingerprint density at radius 2 is 2.37 bits per heavy atom. The second-order valence-corrected chi connectivity index (χ2v) is 5.75. The number of piperidine rings is 1. The van der Waals surface area contributed by atoms with Crippen molar-refractivity contribution >= 4 is 34.5 Å². The predicted molar refractivity (Wildman–Crippen MR) is 86.1 cm³/mol. The summed E-state index contributed by atoms with van der Waals surface area (Å²) in [7, 11) is 0. The van der Waals surface area contributed by atoms with E-state index in [1.807, 2.05) is 18.2 Å². The Morgan fingerprint density at radius 3 is 3.05 bits per heavy atom. The Kier molecular flexibility index (Phi) is 5.02. The van der Waals surface area contributed by atoms with Gasteiger partial charge in [0.15, 0.2) is 0 Å². The van der Waals surface area contributed by atoms with Crippen molar-refractivity contribution in [2.75, 3.05) is 25.0 Å². The molecule has 1 aromatic carbocycles. The fraction of sp³-hybridized carbons (Fsp3) is 0.500. The van der Waals surface area contributed by atoms with E-state index in [2.05, 4.69) is 17.1 Å². The maximum Gasteiger partial charge on any atom is 0.107 e. The molecular formula is C14H20ClN3S. The summed E-state index contributed by atoms with van der Waals surface area (Å²) in [6.45, 7) is 5.53. The molecule has 1 aromatic rings. The highest BCUT2D eigenvalue weighted by atomic mass is 35.5. The van der Waals surface area contributed by atoms with Crippen molar-refractivity contribution in [3.05, 3.63) is 28.8 Å². The number of halogens is 1. The van der Waals surface area contributed by atoms with Crippen LogP contribution < -0.4 is 11.1 Å². The molecule has 3 N–H and O–H groups in total. The molecule has 0 aliphatic carbocycles. The highest BCUT2D eigenvalue weighted by Gasteiger charge is 2.20. The summed E-state index contributed by atoms with van der Waals surface area (Å²) in [6, 6.07) is 6.17. The molecule has 0 bridgehead atoms. The average Bonchev–Trinajstić information content (AvgIpc) is 2.38. The Bertz CT molecular complexity index is 464. The van der Waals surface area contributed by atoms with Gasteiger partial charge in [0.2, 0.25) is 0 Å². The largest absolute Gasteiger partial charge is 0.389 e. The van der Waals surface area contributed by atoms with Gasteiger partial charge in [-0.2, -0.15) is 0 Å². The quantitative estimate of drug-likeness (QED) is 0.839. The third-order valence-corrected chi connectivity index (χ3v) is 4.09. The van der Waals surface area contributed by atoms with Gasteiger partial charge in [0, 0.05) is 18.3 Å². The first-order valence-electron chi connectivity index (χ1n) is 6.69. The first kappa shape index (κ1) is 14.6. The van der Waals surface area contributed by atoms with Gasteiger partial charge in [-0.1, -0.05) is 36.8 Å². The molecule has 1 fully saturated rings. The molecule has 0 saturated carbocycles. The number of thiocarbonyl (C=S) groups is 1. The molecule has 1 atom stereocenters. The van der Waals surface area contributed by atoms with E-state index in [1.165, 1.54) is 19.4 Å². The van der Waals surface area contributed by atoms with Gasteiger partial charge in [0.05, 0.1) is 10.6 Å². The summed E-state index contributed by atoms with van der Waals surface area (Å²) in [5.74, 6) is 0. The fourth-order valence-electron chi connectivity index (χ4n) is 2.58. The smallest absolute Gasteiger partial charge is 0.107 e. The normalized spacial score (nSPS) is 20.2. The first-order chi connectivity index (χ1) is 9.11. The number of anilines is 1. The zero-order valence-corrected chi connectivity index (χ0v) is 12.7. The van der Waals surface area contributed by atoms with Crippen LogP contribution in [0.25, 0.3) is 0 Å². The van der Waals surface area contributed by atoms with Gasteiger partial charge in [-0.15, -0.1) is 0 Å². The van der Waals surface area contributed by atoms with E-state index in [-0.39, 0.29) is 0 Å². The lowest BCUT2D eigenvalue weighted by Crippen LogP contribution is -2.42. The molecule has 1 heterocycles. The SMILES string of the molecule is CCN1CCCC(Nc2cccc(Cl)c2C(N)=S)C1. The van der Waals surface area contributed by atoms with Gasteiger partial charge < -0.3 is 16.0 Å². The summed E-state index contributed by atoms with van der Waals surface area (Å²) in [6.07, 6.45) is 2.38. The fourth-order valence-corrected chi connectivity index (χ4v) is 3.13. The van der Waals surface area contributed by atoms with E-state index in [0.717, 1.165) is 24.3 Å². The van der Waals surface area contributed by atoms with E-state index in [4.69, 9.17) is 29.6 Å². The molecule has 19 heavy (non-hydrogen) atoms. The van der Waals surface area contributed by atoms with Crippen LogP contribution in [0.15, 0.2) is 18.2 Å². The number of likely N-dealkylation sites (N-methyl/N-ethyl adjacent to an activating group) is 1. The van der Waals surface area contributed by atoms with Crippen molar-refractivity contribution in [2.24, 2.45) is 5.73 Å². The van der Waals surface area contributed by atoms with Crippen LogP contribution in [0, 0.1) is 0 Å². The molecule has 104 valence electrons. The third-order valence-electron chi connectivity index (χ3n) is 3.57. The Hall–Kier alpha value is -0.840. The minimum Gasteiger partial charge on any atom is -0.389 e. The summed E-state index contributed by atoms with van der Waals surface area (Å²) in [5, 5.41) is 4.15. The number of nitrogens with one attached hydrogen (secondary N) is 1. The number of nitrogens with zero attached hydrogens (tertiary/aromatic N) is 1. The predicted octanol–water partition coefficient (Wildman–Crippen LogP) is 2.87. The molecule has 1 aliphatic heterocycles. The van der Waals surface area contributed by atoms with Crippen molar-refractivity contribution in [3.8, 4) is 0 Å². The average molecular weight is 298 g/mol. The number of hydrogen-bond acceptors (Lipinski definition) is 3. The summed E-state index contributed by atoms with van der Waals surface area (Å²) < 4.78 is 0. The maximum atomic E-state index is 6.18. The molecule has 1 aliphatic rings. The molecule has 3 nitrogen and oxygen atoms in total. The monoisotopic (exact) mass is 297 g/mol. The molecule has 5 heteroatoms. The molecule has 0 radical (unpaired) electrons. The van der Waals surface area contributed by atoms with Crippen LogP contribution in [0.5, 0.6) is 0 Å². The highest BCUT2D eigenvalue weighted by Crippen LogP contribution is 2.26. The highest BCUT2D eigenvalue weighted by molar-refractivity contribution is 7.80. The number of hydrogen-bond donors (Lipinski definition) is 2. The molecule has 1 saturated heterocycles. The van der Waals surface area contributed by atoms with Gasteiger partial charge in [-0.3, -0.25) is 0 Å². The van der Waals surface area contributed by atoms with Gasteiger partial charge in [0.1, 0.15) is 4.99 Å². The van der Waals surface area contributed by atoms with Crippen LogP contribution in [0.1, 0.15) is 25.3 Å². The van der Waals surface area contributed by atoms with Crippen LogP contribution in [-0.4, -0.2) is 35.6 Å². The zero-order valence-electron chi connectivity index (χ0n) is 11.2. The molecule has 2 rings (SSSR count). The van der Waals surface area contributed by atoms with Crippen molar-refractivity contribution in [1.82, 2.24) is 4.90 Å². The zero-order chi connectivity index (χ0) is 13.8. The van der Waals surface area contributed by atoms with Gasteiger partial charge in [-0.05, 0) is 38.1 Å². The standard InChI is InChI=1S/C14H20ClN3S/c1-2-18-8-4-5-10(9-18)17-12-7-3-6-11(15)13(12)14(16)19/h3,6-7,10,17H,2,4-5,8-9H2,1H3,(H2,16,19). The number of nitrogens with two attached hydrogens (primary N) is 1. The van der Waals surface area contributed by atoms with Gasteiger partial charge >= 0.3 is 0 Å². The minimum absolute atomic E-state index is 0.344. The Morgan fingerprint density at radius 1 is 1.58 bits per heavy atom. The van der Waals surface area contributed by atoms with E-state index in [1.54, 1.807) is 0 Å². The van der Waals surface area contributed by atoms with Crippen molar-refractivity contribution in [2.45, 2.75) is 25.8 Å². The molecule has 0 spiro atoms. The summed E-state index contributed by atoms with van der Waals surface area (Å²) in [5.41, 5.74) is 7.47. The van der Waals surface area contributed by atoms with Crippen LogP contribution in [0.2, 0.25) is 5.02 Å². The Labute approximate surface area is 125 Å². The lowest BCUT2D eigenvalue weighted by atomic mass is 10.0. The summed E-state index contributed by atoms with van der Waals surface area (Å²) >= 11 is 11.3. The second-order valence-electron chi connectivity index (χ2n) is 4.90. The number of rotatable bonds is 4. The second kappa shape index (κ2) is 6.55. The van der Waals surface area contributed by atoms with E-state index >= 15 is 0 Å². The first-order valence-corrected chi connectivity index (χ1v) is 7.47. The third kappa shape index (κ3) is 3.59. The molecule has 1 unspecified atom stereocenters. The van der Waals surface area contributed by atoms with Crippen LogP contribution in [0.3, 0.4) is 0 Å². The molecule has 0 aromatic heterocycles. The molecular weight excluding hydrogens is 278 g/mol. The van der Waals surface area contributed by atoms with Crippen molar-refractivity contribution < 1.29 is 0 Å².